The molecular weight excluding hydrogens is 190 g/mol. The second kappa shape index (κ2) is 5.85. The molecule has 15 heavy (non-hydrogen) atoms. The largest absolute Gasteiger partial charge is 0.339 e. The van der Waals surface area contributed by atoms with Crippen LogP contribution in [0, 0.1) is 5.92 Å². The maximum atomic E-state index is 5.13. The summed E-state index contributed by atoms with van der Waals surface area (Å²) in [6, 6.07) is 0. The van der Waals surface area contributed by atoms with Crippen molar-refractivity contribution in [1.29, 1.82) is 0 Å². The van der Waals surface area contributed by atoms with Crippen molar-refractivity contribution >= 4 is 0 Å². The van der Waals surface area contributed by atoms with Gasteiger partial charge in [-0.1, -0.05) is 32.9 Å². The third-order valence-corrected chi connectivity index (χ3v) is 2.07. The first-order valence-corrected chi connectivity index (χ1v) is 5.62. The molecule has 1 N–H and O–H groups in total. The predicted molar refractivity (Wildman–Crippen MR) is 59.8 cm³/mol. The van der Waals surface area contributed by atoms with Crippen LogP contribution in [0.5, 0.6) is 0 Å². The highest BCUT2D eigenvalue weighted by Crippen LogP contribution is 2.09. The smallest absolute Gasteiger partial charge is 0.227 e. The van der Waals surface area contributed by atoms with E-state index in [1.165, 1.54) is 0 Å². The molecule has 1 heterocycles. The molecule has 0 atom stereocenters. The van der Waals surface area contributed by atoms with Crippen LogP contribution in [-0.2, 0) is 6.42 Å². The van der Waals surface area contributed by atoms with Crippen LogP contribution in [-0.4, -0.2) is 23.2 Å². The summed E-state index contributed by atoms with van der Waals surface area (Å²) in [5.41, 5.74) is 0. The average Bonchev–Trinajstić information content (AvgIpc) is 2.60. The Hall–Kier alpha value is -0.900. The number of hydrogen-bond donors (Lipinski definition) is 1. The number of aromatic nitrogens is 2. The zero-order valence-electron chi connectivity index (χ0n) is 10.1. The maximum Gasteiger partial charge on any atom is 0.227 e. The molecule has 0 saturated heterocycles. The number of nitrogens with zero attached hydrogens (tertiary/aromatic N) is 2. The van der Waals surface area contributed by atoms with Crippen LogP contribution in [0.4, 0.5) is 0 Å². The summed E-state index contributed by atoms with van der Waals surface area (Å²) in [6.07, 6.45) is 0.812. The molecule has 0 bridgehead atoms. The molecule has 0 saturated carbocycles. The molecule has 0 aliphatic carbocycles. The molecule has 0 aliphatic heterocycles. The van der Waals surface area contributed by atoms with E-state index in [2.05, 4.69) is 43.2 Å². The molecule has 1 aromatic heterocycles. The van der Waals surface area contributed by atoms with Gasteiger partial charge in [-0.15, -0.1) is 0 Å². The van der Waals surface area contributed by atoms with Crippen LogP contribution >= 0.6 is 0 Å². The summed E-state index contributed by atoms with van der Waals surface area (Å²) in [7, 11) is 0. The molecule has 1 aromatic rings. The van der Waals surface area contributed by atoms with Gasteiger partial charge in [0.25, 0.3) is 0 Å². The fourth-order valence-corrected chi connectivity index (χ4v) is 1.19. The molecule has 4 nitrogen and oxygen atoms in total. The van der Waals surface area contributed by atoms with E-state index in [1.54, 1.807) is 0 Å². The van der Waals surface area contributed by atoms with Gasteiger partial charge in [0.2, 0.25) is 5.89 Å². The minimum Gasteiger partial charge on any atom is -0.339 e. The van der Waals surface area contributed by atoms with Gasteiger partial charge < -0.3 is 9.84 Å². The van der Waals surface area contributed by atoms with E-state index in [4.69, 9.17) is 4.52 Å². The van der Waals surface area contributed by atoms with Gasteiger partial charge in [0, 0.05) is 18.9 Å². The average molecular weight is 211 g/mol. The zero-order valence-corrected chi connectivity index (χ0v) is 10.1. The second-order valence-electron chi connectivity index (χ2n) is 4.55. The third kappa shape index (κ3) is 4.42. The van der Waals surface area contributed by atoms with E-state index in [-0.39, 0.29) is 0 Å². The van der Waals surface area contributed by atoms with E-state index < -0.39 is 0 Å². The first-order chi connectivity index (χ1) is 7.09. The molecule has 0 amide bonds. The quantitative estimate of drug-likeness (QED) is 0.731. The van der Waals surface area contributed by atoms with Crippen molar-refractivity contribution < 1.29 is 4.52 Å². The van der Waals surface area contributed by atoms with Gasteiger partial charge in [-0.25, -0.2) is 0 Å². The Balaban J connectivity index is 2.26. The van der Waals surface area contributed by atoms with Crippen LogP contribution in [0.15, 0.2) is 4.52 Å². The standard InChI is InChI=1S/C11H21N3O/c1-8(2)7-12-6-5-10-13-11(9(3)4)14-15-10/h8-9,12H,5-7H2,1-4H3. The third-order valence-electron chi connectivity index (χ3n) is 2.07. The zero-order chi connectivity index (χ0) is 11.3. The highest BCUT2D eigenvalue weighted by atomic mass is 16.5. The highest BCUT2D eigenvalue weighted by molar-refractivity contribution is 4.91. The van der Waals surface area contributed by atoms with Crippen LogP contribution < -0.4 is 5.32 Å². The monoisotopic (exact) mass is 211 g/mol. The number of nitrogens with one attached hydrogen (secondary N) is 1. The van der Waals surface area contributed by atoms with Crippen LogP contribution in [0.25, 0.3) is 0 Å². The van der Waals surface area contributed by atoms with E-state index in [0.717, 1.165) is 31.2 Å². The first kappa shape index (κ1) is 12.2. The van der Waals surface area contributed by atoms with E-state index in [1.807, 2.05) is 0 Å². The van der Waals surface area contributed by atoms with Gasteiger partial charge >= 0.3 is 0 Å². The van der Waals surface area contributed by atoms with Crippen molar-refractivity contribution in [3.05, 3.63) is 11.7 Å². The Labute approximate surface area is 91.5 Å². The van der Waals surface area contributed by atoms with Crippen LogP contribution in [0.3, 0.4) is 0 Å². The van der Waals surface area contributed by atoms with E-state index in [0.29, 0.717) is 11.8 Å². The molecule has 0 aliphatic rings. The van der Waals surface area contributed by atoms with E-state index in [9.17, 15) is 0 Å². The van der Waals surface area contributed by atoms with Crippen molar-refractivity contribution in [1.82, 2.24) is 15.5 Å². The summed E-state index contributed by atoms with van der Waals surface area (Å²) >= 11 is 0. The van der Waals surface area contributed by atoms with Crippen molar-refractivity contribution in [2.75, 3.05) is 13.1 Å². The Kier molecular flexibility index (Phi) is 4.75. The van der Waals surface area contributed by atoms with Crippen LogP contribution in [0.2, 0.25) is 0 Å². The first-order valence-electron chi connectivity index (χ1n) is 5.62. The summed E-state index contributed by atoms with van der Waals surface area (Å²) in [5, 5.41) is 7.26. The Morgan fingerprint density at radius 2 is 2.00 bits per heavy atom. The number of rotatable bonds is 6. The molecule has 4 heteroatoms. The van der Waals surface area contributed by atoms with Crippen LogP contribution in [0.1, 0.15) is 45.3 Å². The lowest BCUT2D eigenvalue weighted by atomic mass is 10.2. The minimum atomic E-state index is 0.339. The summed E-state index contributed by atoms with van der Waals surface area (Å²) in [5.74, 6) is 2.55. The molecule has 0 unspecified atom stereocenters. The Morgan fingerprint density at radius 3 is 2.53 bits per heavy atom. The van der Waals surface area contributed by atoms with Gasteiger partial charge in [-0.05, 0) is 12.5 Å². The highest BCUT2D eigenvalue weighted by Gasteiger charge is 2.08. The fourth-order valence-electron chi connectivity index (χ4n) is 1.19. The predicted octanol–water partition coefficient (Wildman–Crippen LogP) is 1.98. The summed E-state index contributed by atoms with van der Waals surface area (Å²) in [4.78, 5) is 4.31. The molecule has 1 rings (SSSR count). The maximum absolute atomic E-state index is 5.13. The van der Waals surface area contributed by atoms with Crippen molar-refractivity contribution in [3.8, 4) is 0 Å². The van der Waals surface area contributed by atoms with Gasteiger partial charge in [0.15, 0.2) is 5.82 Å². The second-order valence-corrected chi connectivity index (χ2v) is 4.55. The summed E-state index contributed by atoms with van der Waals surface area (Å²) in [6.45, 7) is 10.4. The SMILES string of the molecule is CC(C)CNCCc1nc(C(C)C)no1. The van der Waals surface area contributed by atoms with Crippen molar-refractivity contribution in [2.24, 2.45) is 5.92 Å². The van der Waals surface area contributed by atoms with Gasteiger partial charge in [-0.2, -0.15) is 4.98 Å². The molecule has 0 fully saturated rings. The summed E-state index contributed by atoms with van der Waals surface area (Å²) < 4.78 is 5.13. The molecule has 86 valence electrons. The van der Waals surface area contributed by atoms with Gasteiger partial charge in [-0.3, -0.25) is 0 Å². The number of hydrogen-bond acceptors (Lipinski definition) is 4. The van der Waals surface area contributed by atoms with Crippen molar-refractivity contribution in [3.63, 3.8) is 0 Å². The lowest BCUT2D eigenvalue weighted by Crippen LogP contribution is -2.22. The normalized spacial score (nSPS) is 11.6. The molecule has 0 spiro atoms. The van der Waals surface area contributed by atoms with Gasteiger partial charge in [0.05, 0.1) is 0 Å². The molecule has 0 aromatic carbocycles. The van der Waals surface area contributed by atoms with E-state index >= 15 is 0 Å². The lowest BCUT2D eigenvalue weighted by molar-refractivity contribution is 0.368. The van der Waals surface area contributed by atoms with Gasteiger partial charge in [0.1, 0.15) is 0 Å². The van der Waals surface area contributed by atoms with Crippen molar-refractivity contribution in [2.45, 2.75) is 40.0 Å². The molecule has 0 radical (unpaired) electrons. The molecular formula is C11H21N3O. The lowest BCUT2D eigenvalue weighted by Gasteiger charge is -2.04. The Morgan fingerprint density at radius 1 is 1.27 bits per heavy atom. The topological polar surface area (TPSA) is 51.0 Å². The fraction of sp³-hybridized carbons (Fsp3) is 0.818. The minimum absolute atomic E-state index is 0.339. The Bertz CT molecular complexity index is 281.